The summed E-state index contributed by atoms with van der Waals surface area (Å²) in [6.45, 7) is 0. The molecule has 0 saturated heterocycles. The van der Waals surface area contributed by atoms with Gasteiger partial charge in [0.15, 0.2) is 9.84 Å². The average Bonchev–Trinajstić information content (AvgIpc) is 2.39. The molecular formula is C12H14FNO3S. The second-order valence-electron chi connectivity index (χ2n) is 4.32. The van der Waals surface area contributed by atoms with E-state index in [1.807, 2.05) is 0 Å². The minimum atomic E-state index is -3.60. The first-order valence-corrected chi connectivity index (χ1v) is 7.30. The Hall–Kier alpha value is -1.43. The quantitative estimate of drug-likeness (QED) is 0.510. The molecule has 1 aromatic rings. The fourth-order valence-corrected chi connectivity index (χ4v) is 4.04. The molecule has 0 bridgehead atoms. The molecule has 2 rings (SSSR count). The van der Waals surface area contributed by atoms with Gasteiger partial charge in [0.2, 0.25) is 0 Å². The van der Waals surface area contributed by atoms with Crippen molar-refractivity contribution < 1.29 is 18.0 Å². The predicted molar refractivity (Wildman–Crippen MR) is 65.1 cm³/mol. The molecule has 0 radical (unpaired) electrons. The van der Waals surface area contributed by atoms with E-state index in [1.165, 1.54) is 12.1 Å². The molecule has 0 heterocycles. The Bertz CT molecular complexity index is 551. The summed E-state index contributed by atoms with van der Waals surface area (Å²) < 4.78 is 37.5. The fourth-order valence-electron chi connectivity index (χ4n) is 2.20. The largest absolute Gasteiger partial charge is 0.411 e. The van der Waals surface area contributed by atoms with Crippen LogP contribution in [0, 0.1) is 5.82 Å². The lowest BCUT2D eigenvalue weighted by Crippen LogP contribution is -2.33. The number of hydrogen-bond donors (Lipinski definition) is 1. The van der Waals surface area contributed by atoms with Crippen molar-refractivity contribution >= 4 is 15.5 Å². The lowest BCUT2D eigenvalue weighted by atomic mass is 9.98. The van der Waals surface area contributed by atoms with Crippen molar-refractivity contribution in [3.8, 4) is 0 Å². The minimum Gasteiger partial charge on any atom is -0.411 e. The smallest absolute Gasteiger partial charge is 0.186 e. The zero-order valence-corrected chi connectivity index (χ0v) is 10.5. The first-order chi connectivity index (χ1) is 8.55. The van der Waals surface area contributed by atoms with E-state index >= 15 is 0 Å². The third-order valence-corrected chi connectivity index (χ3v) is 5.35. The highest BCUT2D eigenvalue weighted by Crippen LogP contribution is 2.27. The number of oxime groups is 1. The molecule has 1 fully saturated rings. The van der Waals surface area contributed by atoms with Crippen molar-refractivity contribution in [3.63, 3.8) is 0 Å². The Kier molecular flexibility index (Phi) is 3.65. The number of halogens is 1. The van der Waals surface area contributed by atoms with Gasteiger partial charge in [0.25, 0.3) is 0 Å². The van der Waals surface area contributed by atoms with Crippen LogP contribution in [0.4, 0.5) is 4.39 Å². The maximum absolute atomic E-state index is 12.8. The van der Waals surface area contributed by atoms with Crippen LogP contribution < -0.4 is 0 Å². The van der Waals surface area contributed by atoms with Gasteiger partial charge in [-0.3, -0.25) is 0 Å². The van der Waals surface area contributed by atoms with Gasteiger partial charge in [-0.25, -0.2) is 12.8 Å². The molecule has 0 spiro atoms. The van der Waals surface area contributed by atoms with Crippen LogP contribution in [0.5, 0.6) is 0 Å². The van der Waals surface area contributed by atoms with E-state index in [2.05, 4.69) is 5.16 Å². The third-order valence-electron chi connectivity index (χ3n) is 3.17. The van der Waals surface area contributed by atoms with Gasteiger partial charge in [0.1, 0.15) is 11.1 Å². The standard InChI is InChI=1S/C12H14FNO3S/c13-9-5-7-10(8-6-9)18(16,17)12-4-2-1-3-11(12)14-15/h5-8,12,15H,1-4H2. The Labute approximate surface area is 105 Å². The van der Waals surface area contributed by atoms with Gasteiger partial charge in [-0.2, -0.15) is 0 Å². The topological polar surface area (TPSA) is 66.7 Å². The normalized spacial score (nSPS) is 23.2. The predicted octanol–water partition coefficient (Wildman–Crippen LogP) is 2.37. The van der Waals surface area contributed by atoms with Crippen LogP contribution in [0.2, 0.25) is 0 Å². The zero-order valence-electron chi connectivity index (χ0n) is 9.71. The molecule has 18 heavy (non-hydrogen) atoms. The number of rotatable bonds is 2. The highest BCUT2D eigenvalue weighted by molar-refractivity contribution is 7.92. The van der Waals surface area contributed by atoms with Crippen molar-refractivity contribution in [2.24, 2.45) is 5.16 Å². The Morgan fingerprint density at radius 2 is 1.89 bits per heavy atom. The molecule has 0 aliphatic heterocycles. The molecule has 6 heteroatoms. The van der Waals surface area contributed by atoms with E-state index in [0.29, 0.717) is 18.6 Å². The van der Waals surface area contributed by atoms with Gasteiger partial charge >= 0.3 is 0 Å². The minimum absolute atomic E-state index is 0.0666. The summed E-state index contributed by atoms with van der Waals surface area (Å²) in [5, 5.41) is 11.2. The van der Waals surface area contributed by atoms with Gasteiger partial charge in [0, 0.05) is 0 Å². The summed E-state index contributed by atoms with van der Waals surface area (Å²) in [6, 6.07) is 4.72. The van der Waals surface area contributed by atoms with Crippen molar-refractivity contribution in [3.05, 3.63) is 30.1 Å². The lowest BCUT2D eigenvalue weighted by molar-refractivity contribution is 0.314. The summed E-state index contributed by atoms with van der Waals surface area (Å²) >= 11 is 0. The second kappa shape index (κ2) is 5.06. The molecule has 1 aliphatic carbocycles. The number of benzene rings is 1. The number of hydrogen-bond acceptors (Lipinski definition) is 4. The first kappa shape index (κ1) is 13.0. The first-order valence-electron chi connectivity index (χ1n) is 5.76. The van der Waals surface area contributed by atoms with Crippen molar-refractivity contribution in [1.29, 1.82) is 0 Å². The van der Waals surface area contributed by atoms with Crippen molar-refractivity contribution in [2.45, 2.75) is 35.8 Å². The number of sulfone groups is 1. The van der Waals surface area contributed by atoms with E-state index in [4.69, 9.17) is 5.21 Å². The van der Waals surface area contributed by atoms with Crippen LogP contribution in [0.25, 0.3) is 0 Å². The monoisotopic (exact) mass is 271 g/mol. The van der Waals surface area contributed by atoms with Crippen molar-refractivity contribution in [1.82, 2.24) is 0 Å². The molecule has 1 saturated carbocycles. The molecule has 1 unspecified atom stereocenters. The van der Waals surface area contributed by atoms with Gasteiger partial charge in [0.05, 0.1) is 10.6 Å². The van der Waals surface area contributed by atoms with Crippen LogP contribution in [-0.4, -0.2) is 24.6 Å². The fraction of sp³-hybridized carbons (Fsp3) is 0.417. The van der Waals surface area contributed by atoms with E-state index in [0.717, 1.165) is 25.0 Å². The van der Waals surface area contributed by atoms with Gasteiger partial charge in [-0.05, 0) is 43.5 Å². The van der Waals surface area contributed by atoms with Crippen LogP contribution in [-0.2, 0) is 9.84 Å². The van der Waals surface area contributed by atoms with Gasteiger partial charge in [-0.15, -0.1) is 0 Å². The zero-order chi connectivity index (χ0) is 13.2. The molecule has 0 amide bonds. The summed E-state index contributed by atoms with van der Waals surface area (Å²) in [6.07, 6.45) is 2.54. The maximum Gasteiger partial charge on any atom is 0.186 e. The Balaban J connectivity index is 2.38. The number of nitrogens with zero attached hydrogens (tertiary/aromatic N) is 1. The maximum atomic E-state index is 12.8. The molecule has 4 nitrogen and oxygen atoms in total. The van der Waals surface area contributed by atoms with Crippen LogP contribution in [0.1, 0.15) is 25.7 Å². The van der Waals surface area contributed by atoms with E-state index < -0.39 is 20.9 Å². The Morgan fingerprint density at radius 3 is 2.50 bits per heavy atom. The third kappa shape index (κ3) is 2.38. The van der Waals surface area contributed by atoms with Gasteiger partial charge in [-0.1, -0.05) is 11.6 Å². The highest BCUT2D eigenvalue weighted by atomic mass is 32.2. The summed E-state index contributed by atoms with van der Waals surface area (Å²) in [5.41, 5.74) is 0.297. The van der Waals surface area contributed by atoms with Crippen molar-refractivity contribution in [2.75, 3.05) is 0 Å². The van der Waals surface area contributed by atoms with E-state index in [-0.39, 0.29) is 4.90 Å². The highest BCUT2D eigenvalue weighted by Gasteiger charge is 2.34. The molecular weight excluding hydrogens is 257 g/mol. The average molecular weight is 271 g/mol. The van der Waals surface area contributed by atoms with Crippen LogP contribution in [0.15, 0.2) is 34.3 Å². The van der Waals surface area contributed by atoms with E-state index in [1.54, 1.807) is 0 Å². The lowest BCUT2D eigenvalue weighted by Gasteiger charge is -2.22. The molecule has 1 N–H and O–H groups in total. The molecule has 98 valence electrons. The van der Waals surface area contributed by atoms with Gasteiger partial charge < -0.3 is 5.21 Å². The van der Waals surface area contributed by atoms with E-state index in [9.17, 15) is 12.8 Å². The summed E-state index contributed by atoms with van der Waals surface area (Å²) in [7, 11) is -3.60. The summed E-state index contributed by atoms with van der Waals surface area (Å²) in [5.74, 6) is -0.478. The molecule has 1 atom stereocenters. The Morgan fingerprint density at radius 1 is 1.22 bits per heavy atom. The molecule has 1 aromatic carbocycles. The SMILES string of the molecule is O=S(=O)(c1ccc(F)cc1)C1CCCCC1=NO. The van der Waals surface area contributed by atoms with Crippen LogP contribution in [0.3, 0.4) is 0 Å². The molecule has 1 aliphatic rings. The molecule has 0 aromatic heterocycles. The second-order valence-corrected chi connectivity index (χ2v) is 6.46. The summed E-state index contributed by atoms with van der Waals surface area (Å²) in [4.78, 5) is 0.0666. The van der Waals surface area contributed by atoms with Crippen LogP contribution >= 0.6 is 0 Å².